The van der Waals surface area contributed by atoms with Crippen molar-refractivity contribution in [2.75, 3.05) is 11.7 Å². The number of pyridine rings is 1. The van der Waals surface area contributed by atoms with Crippen LogP contribution >= 0.6 is 19.1 Å². The summed E-state index contributed by atoms with van der Waals surface area (Å²) in [5.74, 6) is 0. The lowest BCUT2D eigenvalue weighted by molar-refractivity contribution is 0.480. The van der Waals surface area contributed by atoms with E-state index in [9.17, 15) is 9.46 Å². The van der Waals surface area contributed by atoms with Gasteiger partial charge in [0.1, 0.15) is 0 Å². The second kappa shape index (κ2) is 7.26. The molecule has 0 aliphatic rings. The Morgan fingerprint density at radius 2 is 2.00 bits per heavy atom. The molecule has 0 aliphatic carbocycles. The predicted octanol–water partition coefficient (Wildman–Crippen LogP) is 4.75. The number of benzene rings is 1. The smallest absolute Gasteiger partial charge is 0.210 e. The lowest BCUT2D eigenvalue weighted by Crippen LogP contribution is -1.93. The minimum atomic E-state index is -3.03. The molecule has 1 heterocycles. The summed E-state index contributed by atoms with van der Waals surface area (Å²) in [6.45, 7) is 2.09. The third-order valence-electron chi connectivity index (χ3n) is 3.10. The second-order valence-electron chi connectivity index (χ2n) is 4.89. The van der Waals surface area contributed by atoms with E-state index >= 15 is 0 Å². The standard InChI is InChI=1S/C15H20NO2PS/c1-2-3-6-11-19(17,18)12-20-15-10-9-13-7-4-5-8-14(13)16-15/h4-5,7-10H,2-3,6,11-12H2,1H3,(H,17,18). The van der Waals surface area contributed by atoms with Gasteiger partial charge in [0.15, 0.2) is 0 Å². The van der Waals surface area contributed by atoms with Crippen LogP contribution in [0.25, 0.3) is 10.9 Å². The molecule has 0 bridgehead atoms. The molecule has 3 nitrogen and oxygen atoms in total. The van der Waals surface area contributed by atoms with E-state index in [1.54, 1.807) is 0 Å². The first-order valence-electron chi connectivity index (χ1n) is 6.90. The summed E-state index contributed by atoms with van der Waals surface area (Å²) in [7, 11) is -3.03. The van der Waals surface area contributed by atoms with Gasteiger partial charge in [-0.25, -0.2) is 4.98 Å². The van der Waals surface area contributed by atoms with E-state index in [2.05, 4.69) is 11.9 Å². The third kappa shape index (κ3) is 4.62. The molecular weight excluding hydrogens is 289 g/mol. The van der Waals surface area contributed by atoms with E-state index in [1.165, 1.54) is 11.8 Å². The predicted molar refractivity (Wildman–Crippen MR) is 86.7 cm³/mol. The number of hydrogen-bond acceptors (Lipinski definition) is 3. The van der Waals surface area contributed by atoms with Crippen molar-refractivity contribution in [2.45, 2.75) is 31.2 Å². The van der Waals surface area contributed by atoms with Gasteiger partial charge in [0.2, 0.25) is 7.37 Å². The fourth-order valence-electron chi connectivity index (χ4n) is 1.97. The number of aromatic nitrogens is 1. The van der Waals surface area contributed by atoms with Crippen LogP contribution in [0.15, 0.2) is 41.4 Å². The van der Waals surface area contributed by atoms with Gasteiger partial charge < -0.3 is 4.89 Å². The molecule has 5 heteroatoms. The third-order valence-corrected chi connectivity index (χ3v) is 6.77. The summed E-state index contributed by atoms with van der Waals surface area (Å²) in [6, 6.07) is 11.8. The summed E-state index contributed by atoms with van der Waals surface area (Å²) in [5.41, 5.74) is 1.18. The fourth-order valence-corrected chi connectivity index (χ4v) is 4.87. The highest BCUT2D eigenvalue weighted by Crippen LogP contribution is 2.46. The normalized spacial score (nSPS) is 14.3. The van der Waals surface area contributed by atoms with Crippen LogP contribution in [0.3, 0.4) is 0 Å². The molecule has 20 heavy (non-hydrogen) atoms. The molecule has 0 radical (unpaired) electrons. The minimum Gasteiger partial charge on any atom is -0.344 e. The number of fused-ring (bicyclic) bond motifs is 1. The number of para-hydroxylation sites is 1. The summed E-state index contributed by atoms with van der Waals surface area (Å²) >= 11 is 1.38. The van der Waals surface area contributed by atoms with E-state index in [0.29, 0.717) is 6.16 Å². The van der Waals surface area contributed by atoms with E-state index < -0.39 is 7.37 Å². The van der Waals surface area contributed by atoms with Gasteiger partial charge in [0, 0.05) is 11.5 Å². The van der Waals surface area contributed by atoms with Crippen LogP contribution in [0.1, 0.15) is 26.2 Å². The molecule has 1 atom stereocenters. The Morgan fingerprint density at radius 1 is 1.20 bits per heavy atom. The molecule has 0 fully saturated rings. The SMILES string of the molecule is CCCCCP(=O)(O)CSc1ccc2ccccc2n1. The van der Waals surface area contributed by atoms with E-state index in [1.807, 2.05) is 36.4 Å². The maximum atomic E-state index is 12.0. The molecule has 108 valence electrons. The van der Waals surface area contributed by atoms with E-state index in [4.69, 9.17) is 0 Å². The number of unbranched alkanes of at least 4 members (excludes halogenated alkanes) is 2. The van der Waals surface area contributed by atoms with Gasteiger partial charge in [-0.3, -0.25) is 4.57 Å². The molecule has 1 aromatic heterocycles. The Morgan fingerprint density at radius 3 is 2.80 bits per heavy atom. The van der Waals surface area contributed by atoms with Crippen molar-refractivity contribution in [3.8, 4) is 0 Å². The Bertz CT molecular complexity index is 618. The zero-order chi connectivity index (χ0) is 14.4. The second-order valence-corrected chi connectivity index (χ2v) is 8.77. The van der Waals surface area contributed by atoms with Gasteiger partial charge in [-0.2, -0.15) is 0 Å². The average molecular weight is 309 g/mol. The largest absolute Gasteiger partial charge is 0.344 e. The summed E-state index contributed by atoms with van der Waals surface area (Å²) in [5, 5.41) is 1.90. The number of nitrogens with zero attached hydrogens (tertiary/aromatic N) is 1. The topological polar surface area (TPSA) is 50.2 Å². The van der Waals surface area contributed by atoms with Crippen LogP contribution in [-0.2, 0) is 4.57 Å². The Kier molecular flexibility index (Phi) is 5.64. The summed E-state index contributed by atoms with van der Waals surface area (Å²) in [4.78, 5) is 14.4. The average Bonchev–Trinajstić information content (AvgIpc) is 2.45. The van der Waals surface area contributed by atoms with Gasteiger partial charge >= 0.3 is 0 Å². The molecule has 0 saturated heterocycles. The molecule has 2 rings (SSSR count). The van der Waals surface area contributed by atoms with Gasteiger partial charge in [0.25, 0.3) is 0 Å². The molecular formula is C15H20NO2PS. The van der Waals surface area contributed by atoms with Gasteiger partial charge in [-0.15, -0.1) is 0 Å². The number of rotatable bonds is 7. The van der Waals surface area contributed by atoms with Crippen molar-refractivity contribution >= 4 is 30.0 Å². The molecule has 1 aromatic carbocycles. The van der Waals surface area contributed by atoms with Crippen molar-refractivity contribution in [1.29, 1.82) is 0 Å². The first kappa shape index (κ1) is 15.6. The lowest BCUT2D eigenvalue weighted by Gasteiger charge is -2.10. The van der Waals surface area contributed by atoms with E-state index in [0.717, 1.165) is 35.2 Å². The monoisotopic (exact) mass is 309 g/mol. The van der Waals surface area contributed by atoms with Crippen LogP contribution in [0, 0.1) is 0 Å². The van der Waals surface area contributed by atoms with Crippen molar-refractivity contribution in [3.63, 3.8) is 0 Å². The molecule has 1 unspecified atom stereocenters. The lowest BCUT2D eigenvalue weighted by atomic mass is 10.2. The molecule has 0 saturated carbocycles. The van der Waals surface area contributed by atoms with Crippen LogP contribution in [0.4, 0.5) is 0 Å². The Hall–Kier alpha value is -0.830. The first-order valence-corrected chi connectivity index (χ1v) is 9.92. The number of hydrogen-bond donors (Lipinski definition) is 1. The van der Waals surface area contributed by atoms with Crippen molar-refractivity contribution in [3.05, 3.63) is 36.4 Å². The highest BCUT2D eigenvalue weighted by molar-refractivity contribution is 8.04. The molecule has 0 aliphatic heterocycles. The Balaban J connectivity index is 1.96. The summed E-state index contributed by atoms with van der Waals surface area (Å²) < 4.78 is 12.0. The maximum absolute atomic E-state index is 12.0. The van der Waals surface area contributed by atoms with Crippen molar-refractivity contribution in [2.24, 2.45) is 0 Å². The molecule has 1 N–H and O–H groups in total. The Labute approximate surface area is 124 Å². The van der Waals surface area contributed by atoms with Gasteiger partial charge in [-0.1, -0.05) is 55.8 Å². The molecule has 0 amide bonds. The number of thioether (sulfide) groups is 1. The van der Waals surface area contributed by atoms with Crippen LogP contribution < -0.4 is 0 Å². The zero-order valence-electron chi connectivity index (χ0n) is 11.7. The van der Waals surface area contributed by atoms with Crippen LogP contribution in [0.5, 0.6) is 0 Å². The van der Waals surface area contributed by atoms with Crippen LogP contribution in [0.2, 0.25) is 0 Å². The highest BCUT2D eigenvalue weighted by Gasteiger charge is 2.18. The summed E-state index contributed by atoms with van der Waals surface area (Å²) in [6.07, 6.45) is 3.33. The van der Waals surface area contributed by atoms with Gasteiger partial charge in [0.05, 0.1) is 16.0 Å². The molecule has 2 aromatic rings. The minimum absolute atomic E-state index is 0.252. The first-order chi connectivity index (χ1) is 9.61. The van der Waals surface area contributed by atoms with Crippen molar-refractivity contribution < 1.29 is 9.46 Å². The maximum Gasteiger partial charge on any atom is 0.210 e. The van der Waals surface area contributed by atoms with Crippen molar-refractivity contribution in [1.82, 2.24) is 4.98 Å². The quantitative estimate of drug-likeness (QED) is 0.456. The van der Waals surface area contributed by atoms with Crippen LogP contribution in [-0.4, -0.2) is 21.5 Å². The van der Waals surface area contributed by atoms with Gasteiger partial charge in [-0.05, 0) is 18.6 Å². The zero-order valence-corrected chi connectivity index (χ0v) is 13.4. The molecule has 0 spiro atoms. The fraction of sp³-hybridized carbons (Fsp3) is 0.400. The van der Waals surface area contributed by atoms with E-state index in [-0.39, 0.29) is 5.49 Å². The highest BCUT2D eigenvalue weighted by atomic mass is 32.2.